The zero-order valence-electron chi connectivity index (χ0n) is 17.4. The van der Waals surface area contributed by atoms with Gasteiger partial charge in [-0.1, -0.05) is 36.4 Å². The molecule has 2 amide bonds. The Morgan fingerprint density at radius 1 is 0.700 bits per heavy atom. The highest BCUT2D eigenvalue weighted by Crippen LogP contribution is 2.18. The van der Waals surface area contributed by atoms with E-state index in [1.54, 1.807) is 21.9 Å². The van der Waals surface area contributed by atoms with Crippen molar-refractivity contribution in [2.24, 2.45) is 0 Å². The normalized spacial score (nSPS) is 10.3. The third-order valence-electron chi connectivity index (χ3n) is 4.89. The van der Waals surface area contributed by atoms with Crippen LogP contribution in [0.3, 0.4) is 0 Å². The Labute approximate surface area is 177 Å². The molecule has 0 atom stereocenters. The van der Waals surface area contributed by atoms with Crippen LogP contribution in [0.2, 0.25) is 0 Å². The van der Waals surface area contributed by atoms with Crippen LogP contribution in [0, 0.1) is 0 Å². The van der Waals surface area contributed by atoms with Crippen molar-refractivity contribution in [1.29, 1.82) is 0 Å². The first kappa shape index (κ1) is 21.1. The Hall–Kier alpha value is -3.60. The molecule has 0 bridgehead atoms. The number of amides is 2. The molecule has 0 radical (unpaired) electrons. The Bertz CT molecular complexity index is 957. The fourth-order valence-corrected chi connectivity index (χ4v) is 3.32. The number of anilines is 3. The lowest BCUT2D eigenvalue weighted by Gasteiger charge is -2.22. The number of benzene rings is 3. The second-order valence-electron chi connectivity index (χ2n) is 6.79. The van der Waals surface area contributed by atoms with Crippen molar-refractivity contribution in [2.75, 3.05) is 34.8 Å². The van der Waals surface area contributed by atoms with E-state index in [0.717, 1.165) is 17.1 Å². The highest BCUT2D eigenvalue weighted by atomic mass is 16.2. The molecule has 3 rings (SSSR count). The molecule has 154 valence electrons. The van der Waals surface area contributed by atoms with Gasteiger partial charge in [-0.25, -0.2) is 0 Å². The number of nitrogens with one attached hydrogen (secondary N) is 1. The molecule has 0 spiro atoms. The number of likely N-dealkylation sites (N-methyl/N-ethyl adjacent to an activating group) is 1. The van der Waals surface area contributed by atoms with Crippen molar-refractivity contribution in [3.8, 4) is 0 Å². The molecule has 5 heteroatoms. The van der Waals surface area contributed by atoms with E-state index in [-0.39, 0.29) is 18.4 Å². The van der Waals surface area contributed by atoms with Crippen molar-refractivity contribution in [3.05, 3.63) is 90.5 Å². The molecular formula is C25H27N3O2. The molecule has 0 saturated carbocycles. The quantitative estimate of drug-likeness (QED) is 0.589. The van der Waals surface area contributed by atoms with Crippen molar-refractivity contribution in [1.82, 2.24) is 0 Å². The number of carbonyl (C=O) groups excluding carboxylic acids is 2. The summed E-state index contributed by atoms with van der Waals surface area (Å²) in [6.07, 6.45) is 0. The maximum absolute atomic E-state index is 12.9. The van der Waals surface area contributed by atoms with Gasteiger partial charge in [-0.15, -0.1) is 0 Å². The first-order chi connectivity index (χ1) is 14.6. The molecule has 0 aliphatic heterocycles. The minimum atomic E-state index is -0.0486. The number of hydrogen-bond donors (Lipinski definition) is 1. The molecule has 0 aromatic heterocycles. The molecular weight excluding hydrogens is 374 g/mol. The Morgan fingerprint density at radius 2 is 1.20 bits per heavy atom. The minimum Gasteiger partial charge on any atom is -0.376 e. The molecule has 0 aliphatic carbocycles. The second kappa shape index (κ2) is 10.3. The van der Waals surface area contributed by atoms with E-state index in [9.17, 15) is 9.59 Å². The van der Waals surface area contributed by atoms with Gasteiger partial charge in [0.15, 0.2) is 0 Å². The standard InChI is InChI=1S/C25H27N3O2/c1-3-27(22-11-7-5-8-12-22)24(29)19-26-21-17-15-20(16-18-21)25(30)28(4-2)23-13-9-6-10-14-23/h5-18,26H,3-4,19H2,1-2H3. The molecule has 3 aromatic rings. The summed E-state index contributed by atoms with van der Waals surface area (Å²) in [4.78, 5) is 29.0. The number of nitrogens with zero attached hydrogens (tertiary/aromatic N) is 2. The largest absolute Gasteiger partial charge is 0.376 e. The van der Waals surface area contributed by atoms with Crippen molar-refractivity contribution < 1.29 is 9.59 Å². The lowest BCUT2D eigenvalue weighted by Crippen LogP contribution is -2.35. The molecule has 30 heavy (non-hydrogen) atoms. The minimum absolute atomic E-state index is 0.00918. The molecule has 3 aromatic carbocycles. The van der Waals surface area contributed by atoms with Crippen LogP contribution in [-0.4, -0.2) is 31.4 Å². The molecule has 0 unspecified atom stereocenters. The van der Waals surface area contributed by atoms with Gasteiger partial charge in [0.1, 0.15) is 0 Å². The summed E-state index contributed by atoms with van der Waals surface area (Å²) in [5.74, 6) is -0.0577. The fraction of sp³-hybridized carbons (Fsp3) is 0.200. The smallest absolute Gasteiger partial charge is 0.258 e. The third-order valence-corrected chi connectivity index (χ3v) is 4.89. The van der Waals surface area contributed by atoms with Gasteiger partial charge >= 0.3 is 0 Å². The van der Waals surface area contributed by atoms with Gasteiger partial charge in [-0.05, 0) is 62.4 Å². The second-order valence-corrected chi connectivity index (χ2v) is 6.79. The monoisotopic (exact) mass is 401 g/mol. The highest BCUT2D eigenvalue weighted by Gasteiger charge is 2.16. The lowest BCUT2D eigenvalue weighted by molar-refractivity contribution is -0.116. The summed E-state index contributed by atoms with van der Waals surface area (Å²) in [7, 11) is 0. The maximum atomic E-state index is 12.9. The number of rotatable bonds is 8. The van der Waals surface area contributed by atoms with Gasteiger partial charge in [0.2, 0.25) is 5.91 Å². The van der Waals surface area contributed by atoms with Gasteiger partial charge in [-0.2, -0.15) is 0 Å². The Morgan fingerprint density at radius 3 is 1.70 bits per heavy atom. The van der Waals surface area contributed by atoms with Crippen LogP contribution < -0.4 is 15.1 Å². The average Bonchev–Trinajstić information content (AvgIpc) is 2.80. The summed E-state index contributed by atoms with van der Waals surface area (Å²) in [5, 5.41) is 3.15. The first-order valence-corrected chi connectivity index (χ1v) is 10.2. The zero-order valence-corrected chi connectivity index (χ0v) is 17.4. The highest BCUT2D eigenvalue weighted by molar-refractivity contribution is 6.06. The van der Waals surface area contributed by atoms with Crippen LogP contribution in [0.15, 0.2) is 84.9 Å². The summed E-state index contributed by atoms with van der Waals surface area (Å²) in [6, 6.07) is 26.5. The maximum Gasteiger partial charge on any atom is 0.258 e. The summed E-state index contributed by atoms with van der Waals surface area (Å²) in [5.41, 5.74) is 3.16. The molecule has 1 N–H and O–H groups in total. The predicted octanol–water partition coefficient (Wildman–Crippen LogP) is 4.82. The van der Waals surface area contributed by atoms with E-state index in [1.807, 2.05) is 86.6 Å². The van der Waals surface area contributed by atoms with E-state index in [4.69, 9.17) is 0 Å². The molecule has 0 fully saturated rings. The van der Waals surface area contributed by atoms with Gasteiger partial charge in [0.05, 0.1) is 6.54 Å². The van der Waals surface area contributed by atoms with Crippen molar-refractivity contribution in [2.45, 2.75) is 13.8 Å². The SMILES string of the molecule is CCN(C(=O)CNc1ccc(C(=O)N(CC)c2ccccc2)cc1)c1ccccc1. The summed E-state index contributed by atoms with van der Waals surface area (Å²) in [6.45, 7) is 5.28. The molecule has 0 aliphatic rings. The van der Waals surface area contributed by atoms with E-state index < -0.39 is 0 Å². The van der Waals surface area contributed by atoms with E-state index in [1.165, 1.54) is 0 Å². The molecule has 0 saturated heterocycles. The van der Waals surface area contributed by atoms with Gasteiger partial charge in [0.25, 0.3) is 5.91 Å². The fourth-order valence-electron chi connectivity index (χ4n) is 3.32. The van der Waals surface area contributed by atoms with Crippen LogP contribution >= 0.6 is 0 Å². The Kier molecular flexibility index (Phi) is 7.22. The topological polar surface area (TPSA) is 52.7 Å². The van der Waals surface area contributed by atoms with Crippen molar-refractivity contribution >= 4 is 28.9 Å². The van der Waals surface area contributed by atoms with Gasteiger partial charge in [-0.3, -0.25) is 9.59 Å². The summed E-state index contributed by atoms with van der Waals surface area (Å²) < 4.78 is 0. The average molecular weight is 402 g/mol. The van der Waals surface area contributed by atoms with E-state index in [2.05, 4.69) is 5.32 Å². The van der Waals surface area contributed by atoms with Crippen LogP contribution in [0.25, 0.3) is 0 Å². The van der Waals surface area contributed by atoms with Crippen LogP contribution in [0.5, 0.6) is 0 Å². The zero-order chi connectivity index (χ0) is 21.3. The van der Waals surface area contributed by atoms with E-state index in [0.29, 0.717) is 18.7 Å². The molecule has 5 nitrogen and oxygen atoms in total. The van der Waals surface area contributed by atoms with E-state index >= 15 is 0 Å². The van der Waals surface area contributed by atoms with Crippen molar-refractivity contribution in [3.63, 3.8) is 0 Å². The molecule has 0 heterocycles. The van der Waals surface area contributed by atoms with Crippen LogP contribution in [0.4, 0.5) is 17.1 Å². The van der Waals surface area contributed by atoms with Crippen LogP contribution in [-0.2, 0) is 4.79 Å². The third kappa shape index (κ3) is 5.06. The first-order valence-electron chi connectivity index (χ1n) is 10.2. The summed E-state index contributed by atoms with van der Waals surface area (Å²) >= 11 is 0. The van der Waals surface area contributed by atoms with Crippen LogP contribution in [0.1, 0.15) is 24.2 Å². The van der Waals surface area contributed by atoms with Gasteiger partial charge < -0.3 is 15.1 Å². The number of hydrogen-bond acceptors (Lipinski definition) is 3. The van der Waals surface area contributed by atoms with Gasteiger partial charge in [0, 0.05) is 35.7 Å². The number of para-hydroxylation sites is 2. The lowest BCUT2D eigenvalue weighted by atomic mass is 10.1. The predicted molar refractivity (Wildman–Crippen MR) is 123 cm³/mol. The Balaban J connectivity index is 1.63. The number of carbonyl (C=O) groups is 2.